The van der Waals surface area contributed by atoms with Gasteiger partial charge in [0.05, 0.1) is 11.7 Å². The second-order valence-electron chi connectivity index (χ2n) is 5.18. The summed E-state index contributed by atoms with van der Waals surface area (Å²) in [5.41, 5.74) is 1.89. The molecule has 3 aromatic rings. The summed E-state index contributed by atoms with van der Waals surface area (Å²) in [7, 11) is 0. The SMILES string of the molecule is CC(NC(=O)CCc1cccs1)c1nc(-c2cccnc2)cs1. The average Bonchev–Trinajstić information content (AvgIpc) is 3.25. The molecule has 0 fully saturated rings. The molecule has 0 radical (unpaired) electrons. The van der Waals surface area contributed by atoms with Crippen LogP contribution in [0.1, 0.15) is 29.3 Å². The third-order valence-electron chi connectivity index (χ3n) is 3.41. The van der Waals surface area contributed by atoms with Crippen LogP contribution in [0.3, 0.4) is 0 Å². The van der Waals surface area contributed by atoms with Crippen LogP contribution in [0, 0.1) is 0 Å². The number of aromatic nitrogens is 2. The van der Waals surface area contributed by atoms with Crippen molar-refractivity contribution < 1.29 is 4.79 Å². The van der Waals surface area contributed by atoms with Crippen LogP contribution in [0.15, 0.2) is 47.4 Å². The van der Waals surface area contributed by atoms with Gasteiger partial charge in [0, 0.05) is 34.6 Å². The Bertz CT molecular complexity index is 753. The summed E-state index contributed by atoms with van der Waals surface area (Å²) in [4.78, 5) is 22.0. The van der Waals surface area contributed by atoms with Crippen molar-refractivity contribution in [2.45, 2.75) is 25.8 Å². The highest BCUT2D eigenvalue weighted by Crippen LogP contribution is 2.24. The maximum Gasteiger partial charge on any atom is 0.220 e. The van der Waals surface area contributed by atoms with E-state index in [-0.39, 0.29) is 11.9 Å². The van der Waals surface area contributed by atoms with Crippen molar-refractivity contribution >= 4 is 28.6 Å². The quantitative estimate of drug-likeness (QED) is 0.734. The van der Waals surface area contributed by atoms with Gasteiger partial charge < -0.3 is 5.32 Å². The minimum Gasteiger partial charge on any atom is -0.347 e. The van der Waals surface area contributed by atoms with Gasteiger partial charge in [0.2, 0.25) is 5.91 Å². The Balaban J connectivity index is 1.57. The monoisotopic (exact) mass is 343 g/mol. The van der Waals surface area contributed by atoms with Crippen LogP contribution in [0.25, 0.3) is 11.3 Å². The fourth-order valence-corrected chi connectivity index (χ4v) is 3.74. The zero-order valence-corrected chi connectivity index (χ0v) is 14.4. The summed E-state index contributed by atoms with van der Waals surface area (Å²) in [5, 5.41) is 7.97. The maximum atomic E-state index is 12.1. The van der Waals surface area contributed by atoms with Crippen molar-refractivity contribution in [3.63, 3.8) is 0 Å². The summed E-state index contributed by atoms with van der Waals surface area (Å²) < 4.78 is 0. The van der Waals surface area contributed by atoms with Gasteiger partial charge in [-0.1, -0.05) is 6.07 Å². The molecule has 23 heavy (non-hydrogen) atoms. The minimum absolute atomic E-state index is 0.0593. The van der Waals surface area contributed by atoms with Gasteiger partial charge >= 0.3 is 0 Å². The van der Waals surface area contributed by atoms with E-state index in [0.29, 0.717) is 6.42 Å². The summed E-state index contributed by atoms with van der Waals surface area (Å²) in [6.45, 7) is 1.97. The van der Waals surface area contributed by atoms with E-state index in [1.165, 1.54) is 4.88 Å². The van der Waals surface area contributed by atoms with E-state index in [0.717, 1.165) is 22.7 Å². The van der Waals surface area contributed by atoms with Gasteiger partial charge in [-0.3, -0.25) is 9.78 Å². The van der Waals surface area contributed by atoms with Crippen LogP contribution in [0.4, 0.5) is 0 Å². The van der Waals surface area contributed by atoms with Crippen LogP contribution in [-0.2, 0) is 11.2 Å². The molecule has 0 aromatic carbocycles. The first-order valence-electron chi connectivity index (χ1n) is 7.40. The summed E-state index contributed by atoms with van der Waals surface area (Å²) in [5.74, 6) is 0.0593. The number of carbonyl (C=O) groups excluding carboxylic acids is 1. The molecule has 3 rings (SSSR count). The molecule has 1 unspecified atom stereocenters. The number of thiazole rings is 1. The van der Waals surface area contributed by atoms with Gasteiger partial charge in [-0.2, -0.15) is 0 Å². The van der Waals surface area contributed by atoms with Crippen molar-refractivity contribution in [3.8, 4) is 11.3 Å². The molecule has 0 spiro atoms. The molecular weight excluding hydrogens is 326 g/mol. The first-order chi connectivity index (χ1) is 11.2. The lowest BCUT2D eigenvalue weighted by atomic mass is 10.2. The second-order valence-corrected chi connectivity index (χ2v) is 7.10. The zero-order chi connectivity index (χ0) is 16.1. The van der Waals surface area contributed by atoms with Crippen molar-refractivity contribution in [1.29, 1.82) is 0 Å². The number of carbonyl (C=O) groups is 1. The van der Waals surface area contributed by atoms with Gasteiger partial charge in [0.1, 0.15) is 5.01 Å². The predicted molar refractivity (Wildman–Crippen MR) is 94.5 cm³/mol. The standard InChI is InChI=1S/C17H17N3OS2/c1-12(19-16(21)7-6-14-5-3-9-22-14)17-20-15(11-23-17)13-4-2-8-18-10-13/h2-5,8-12H,6-7H2,1H3,(H,19,21). The molecule has 3 aromatic heterocycles. The second kappa shape index (κ2) is 7.48. The lowest BCUT2D eigenvalue weighted by Crippen LogP contribution is -2.26. The zero-order valence-electron chi connectivity index (χ0n) is 12.7. The number of hydrogen-bond donors (Lipinski definition) is 1. The van der Waals surface area contributed by atoms with Crippen LogP contribution in [0.5, 0.6) is 0 Å². The van der Waals surface area contributed by atoms with Crippen molar-refractivity contribution in [1.82, 2.24) is 15.3 Å². The normalized spacial score (nSPS) is 12.0. The topological polar surface area (TPSA) is 54.9 Å². The summed E-state index contributed by atoms with van der Waals surface area (Å²) in [6.07, 6.45) is 4.83. The predicted octanol–water partition coefficient (Wildman–Crippen LogP) is 4.08. The van der Waals surface area contributed by atoms with Gasteiger partial charge in [0.15, 0.2) is 0 Å². The Labute approximate surface area is 143 Å². The molecule has 3 heterocycles. The van der Waals surface area contributed by atoms with Crippen molar-refractivity contribution in [3.05, 3.63) is 57.3 Å². The van der Waals surface area contributed by atoms with Crippen LogP contribution < -0.4 is 5.32 Å². The number of thiophene rings is 1. The molecule has 118 valence electrons. The first-order valence-corrected chi connectivity index (χ1v) is 9.16. The van der Waals surface area contributed by atoms with E-state index in [9.17, 15) is 4.79 Å². The van der Waals surface area contributed by atoms with E-state index < -0.39 is 0 Å². The molecule has 0 saturated heterocycles. The van der Waals surface area contributed by atoms with E-state index in [4.69, 9.17) is 0 Å². The first kappa shape index (κ1) is 15.8. The molecule has 6 heteroatoms. The Morgan fingerprint density at radius 1 is 1.30 bits per heavy atom. The third-order valence-corrected chi connectivity index (χ3v) is 5.37. The average molecular weight is 343 g/mol. The Hall–Kier alpha value is -2.05. The number of aryl methyl sites for hydroxylation is 1. The highest BCUT2D eigenvalue weighted by atomic mass is 32.1. The molecule has 1 N–H and O–H groups in total. The van der Waals surface area contributed by atoms with Crippen LogP contribution in [-0.4, -0.2) is 15.9 Å². The third kappa shape index (κ3) is 4.24. The molecule has 1 atom stereocenters. The minimum atomic E-state index is -0.0822. The lowest BCUT2D eigenvalue weighted by molar-refractivity contribution is -0.121. The van der Waals surface area contributed by atoms with Gasteiger partial charge in [-0.25, -0.2) is 4.98 Å². The maximum absolute atomic E-state index is 12.1. The molecule has 0 aliphatic heterocycles. The molecule has 4 nitrogen and oxygen atoms in total. The molecule has 0 aliphatic rings. The lowest BCUT2D eigenvalue weighted by Gasteiger charge is -2.10. The van der Waals surface area contributed by atoms with E-state index in [1.54, 1.807) is 35.1 Å². The number of rotatable bonds is 6. The Morgan fingerprint density at radius 2 is 2.22 bits per heavy atom. The molecular formula is C17H17N3OS2. The summed E-state index contributed by atoms with van der Waals surface area (Å²) >= 11 is 3.24. The van der Waals surface area contributed by atoms with Crippen molar-refractivity contribution in [2.75, 3.05) is 0 Å². The van der Waals surface area contributed by atoms with Crippen molar-refractivity contribution in [2.24, 2.45) is 0 Å². The Kier molecular flexibility index (Phi) is 5.15. The number of nitrogens with zero attached hydrogens (tertiary/aromatic N) is 2. The van der Waals surface area contributed by atoms with E-state index in [1.807, 2.05) is 35.9 Å². The number of pyridine rings is 1. The fourth-order valence-electron chi connectivity index (χ4n) is 2.20. The number of nitrogens with one attached hydrogen (secondary N) is 1. The Morgan fingerprint density at radius 3 is 2.96 bits per heavy atom. The number of hydrogen-bond acceptors (Lipinski definition) is 5. The largest absolute Gasteiger partial charge is 0.347 e. The van der Waals surface area contributed by atoms with Crippen LogP contribution >= 0.6 is 22.7 Å². The molecule has 1 amide bonds. The van der Waals surface area contributed by atoms with E-state index >= 15 is 0 Å². The molecule has 0 bridgehead atoms. The molecule has 0 saturated carbocycles. The highest BCUT2D eigenvalue weighted by Gasteiger charge is 2.14. The smallest absolute Gasteiger partial charge is 0.220 e. The van der Waals surface area contributed by atoms with Crippen LogP contribution in [0.2, 0.25) is 0 Å². The highest BCUT2D eigenvalue weighted by molar-refractivity contribution is 7.10. The summed E-state index contributed by atoms with van der Waals surface area (Å²) in [6, 6.07) is 7.86. The van der Waals surface area contributed by atoms with E-state index in [2.05, 4.69) is 21.4 Å². The number of amides is 1. The van der Waals surface area contributed by atoms with Gasteiger partial charge in [-0.15, -0.1) is 22.7 Å². The molecule has 0 aliphatic carbocycles. The van der Waals surface area contributed by atoms with Gasteiger partial charge in [0.25, 0.3) is 0 Å². The van der Waals surface area contributed by atoms with Gasteiger partial charge in [-0.05, 0) is 36.9 Å². The fraction of sp³-hybridized carbons (Fsp3) is 0.235.